The lowest BCUT2D eigenvalue weighted by Gasteiger charge is -2.27. The lowest BCUT2D eigenvalue weighted by molar-refractivity contribution is -0.0386. The molecule has 0 saturated carbocycles. The Hall–Kier alpha value is -2.33. The van der Waals surface area contributed by atoms with Crippen LogP contribution in [0.1, 0.15) is 29.3 Å². The van der Waals surface area contributed by atoms with Gasteiger partial charge in [-0.15, -0.1) is 0 Å². The van der Waals surface area contributed by atoms with Crippen molar-refractivity contribution >= 4 is 5.97 Å². The van der Waals surface area contributed by atoms with Gasteiger partial charge in [0.1, 0.15) is 18.0 Å². The Morgan fingerprint density at radius 3 is 2.48 bits per heavy atom. The minimum Gasteiger partial charge on any atom is -0.508 e. The molecule has 2 aromatic carbocycles. The average molecular weight is 286 g/mol. The lowest BCUT2D eigenvalue weighted by atomic mass is 9.92. The molecule has 0 bridgehead atoms. The summed E-state index contributed by atoms with van der Waals surface area (Å²) in [6, 6.07) is 14.9. The van der Waals surface area contributed by atoms with Gasteiger partial charge in [0.05, 0.1) is 5.56 Å². The third-order valence-corrected chi connectivity index (χ3v) is 3.42. The Labute approximate surface area is 123 Å². The molecule has 0 fully saturated rings. The van der Waals surface area contributed by atoms with Crippen molar-refractivity contribution in [1.29, 1.82) is 0 Å². The van der Waals surface area contributed by atoms with Crippen molar-refractivity contribution in [3.05, 3.63) is 65.7 Å². The van der Waals surface area contributed by atoms with Crippen molar-refractivity contribution in [3.63, 3.8) is 0 Å². The van der Waals surface area contributed by atoms with E-state index in [-0.39, 0.29) is 12.4 Å². The molecule has 2 N–H and O–H groups in total. The number of hydrogen-bond acceptors (Lipinski definition) is 4. The summed E-state index contributed by atoms with van der Waals surface area (Å²) in [5.74, 6) is -0.420. The Bertz CT molecular complexity index is 609. The first-order chi connectivity index (χ1) is 10.0. The van der Waals surface area contributed by atoms with Gasteiger partial charge in [-0.2, -0.15) is 0 Å². The van der Waals surface area contributed by atoms with Crippen LogP contribution in [0.15, 0.2) is 54.6 Å². The number of phenols is 1. The standard InChI is InChI=1S/C17H18O4/c1-2-17(20,14-9-6-10-15(18)11-14)12-21-16(19)13-7-4-3-5-8-13/h3-11,18,20H,2,12H2,1H3/t17-/m1/s1. The Morgan fingerprint density at radius 1 is 1.14 bits per heavy atom. The summed E-state index contributed by atoms with van der Waals surface area (Å²) < 4.78 is 5.21. The van der Waals surface area contributed by atoms with Crippen molar-refractivity contribution in [2.45, 2.75) is 18.9 Å². The van der Waals surface area contributed by atoms with Gasteiger partial charge in [-0.25, -0.2) is 4.79 Å². The first-order valence-electron chi connectivity index (χ1n) is 6.79. The molecular weight excluding hydrogens is 268 g/mol. The lowest BCUT2D eigenvalue weighted by Crippen LogP contribution is -2.32. The van der Waals surface area contributed by atoms with Gasteiger partial charge in [0.15, 0.2) is 0 Å². The molecule has 0 radical (unpaired) electrons. The molecule has 0 saturated heterocycles. The Balaban J connectivity index is 2.10. The van der Waals surface area contributed by atoms with Gasteiger partial charge >= 0.3 is 5.97 Å². The second kappa shape index (κ2) is 6.41. The van der Waals surface area contributed by atoms with E-state index < -0.39 is 11.6 Å². The van der Waals surface area contributed by atoms with Crippen molar-refractivity contribution in [3.8, 4) is 5.75 Å². The van der Waals surface area contributed by atoms with E-state index >= 15 is 0 Å². The van der Waals surface area contributed by atoms with Gasteiger partial charge in [0, 0.05) is 0 Å². The topological polar surface area (TPSA) is 66.8 Å². The number of hydrogen-bond donors (Lipinski definition) is 2. The zero-order valence-corrected chi connectivity index (χ0v) is 11.8. The van der Waals surface area contributed by atoms with Gasteiger partial charge in [0.2, 0.25) is 0 Å². The first-order valence-corrected chi connectivity index (χ1v) is 6.79. The predicted molar refractivity (Wildman–Crippen MR) is 79.0 cm³/mol. The van der Waals surface area contributed by atoms with E-state index in [1.54, 1.807) is 43.3 Å². The molecule has 0 unspecified atom stereocenters. The van der Waals surface area contributed by atoms with E-state index in [2.05, 4.69) is 0 Å². The molecule has 2 aromatic rings. The van der Waals surface area contributed by atoms with Crippen LogP contribution in [0.3, 0.4) is 0 Å². The van der Waals surface area contributed by atoms with Gasteiger partial charge < -0.3 is 14.9 Å². The van der Waals surface area contributed by atoms with Crippen molar-refractivity contribution in [1.82, 2.24) is 0 Å². The van der Waals surface area contributed by atoms with Crippen LogP contribution in [0.25, 0.3) is 0 Å². The summed E-state index contributed by atoms with van der Waals surface area (Å²) in [7, 11) is 0. The fourth-order valence-electron chi connectivity index (χ4n) is 2.03. The molecule has 0 aliphatic carbocycles. The molecule has 2 rings (SSSR count). The summed E-state index contributed by atoms with van der Waals surface area (Å²) in [6.45, 7) is 1.63. The van der Waals surface area contributed by atoms with Crippen LogP contribution in [-0.4, -0.2) is 22.8 Å². The normalized spacial score (nSPS) is 13.4. The number of carbonyl (C=O) groups is 1. The van der Waals surface area contributed by atoms with E-state index in [4.69, 9.17) is 4.74 Å². The number of aromatic hydroxyl groups is 1. The van der Waals surface area contributed by atoms with Crippen molar-refractivity contribution in [2.75, 3.05) is 6.61 Å². The van der Waals surface area contributed by atoms with Crippen LogP contribution < -0.4 is 0 Å². The van der Waals surface area contributed by atoms with Crippen LogP contribution >= 0.6 is 0 Å². The van der Waals surface area contributed by atoms with E-state index in [1.165, 1.54) is 12.1 Å². The quantitative estimate of drug-likeness (QED) is 0.829. The molecule has 1 atom stereocenters. The number of ether oxygens (including phenoxy) is 1. The van der Waals surface area contributed by atoms with E-state index in [0.29, 0.717) is 17.5 Å². The van der Waals surface area contributed by atoms with Gasteiger partial charge in [0.25, 0.3) is 0 Å². The first kappa shape index (κ1) is 15.1. The maximum Gasteiger partial charge on any atom is 0.338 e. The van der Waals surface area contributed by atoms with Gasteiger partial charge in [-0.05, 0) is 36.2 Å². The third-order valence-electron chi connectivity index (χ3n) is 3.42. The zero-order valence-electron chi connectivity index (χ0n) is 11.8. The molecule has 0 aromatic heterocycles. The molecule has 0 aliphatic heterocycles. The largest absolute Gasteiger partial charge is 0.508 e. The maximum absolute atomic E-state index is 11.9. The molecule has 0 spiro atoms. The summed E-state index contributed by atoms with van der Waals surface area (Å²) in [5, 5.41) is 20.1. The number of aliphatic hydroxyl groups is 1. The molecule has 0 aliphatic rings. The minimum atomic E-state index is -1.32. The maximum atomic E-state index is 11.9. The van der Waals surface area contributed by atoms with Gasteiger partial charge in [-0.3, -0.25) is 0 Å². The number of esters is 1. The fraction of sp³-hybridized carbons (Fsp3) is 0.235. The molecule has 4 nitrogen and oxygen atoms in total. The highest BCUT2D eigenvalue weighted by atomic mass is 16.5. The molecule has 110 valence electrons. The Morgan fingerprint density at radius 2 is 1.86 bits per heavy atom. The number of carbonyl (C=O) groups excluding carboxylic acids is 1. The van der Waals surface area contributed by atoms with Crippen LogP contribution in [0.5, 0.6) is 5.75 Å². The highest BCUT2D eigenvalue weighted by Crippen LogP contribution is 2.28. The van der Waals surface area contributed by atoms with Crippen LogP contribution in [-0.2, 0) is 10.3 Å². The molecule has 0 heterocycles. The summed E-state index contributed by atoms with van der Waals surface area (Å²) in [6.07, 6.45) is 0.360. The van der Waals surface area contributed by atoms with Crippen LogP contribution in [0, 0.1) is 0 Å². The zero-order chi connectivity index (χ0) is 15.3. The summed E-state index contributed by atoms with van der Waals surface area (Å²) >= 11 is 0. The number of rotatable bonds is 5. The van der Waals surface area contributed by atoms with Crippen LogP contribution in [0.2, 0.25) is 0 Å². The molecule has 4 heteroatoms. The third kappa shape index (κ3) is 3.61. The van der Waals surface area contributed by atoms with Gasteiger partial charge in [-0.1, -0.05) is 37.3 Å². The minimum absolute atomic E-state index is 0.0637. The van der Waals surface area contributed by atoms with E-state index in [9.17, 15) is 15.0 Å². The van der Waals surface area contributed by atoms with Crippen molar-refractivity contribution in [2.24, 2.45) is 0 Å². The monoisotopic (exact) mass is 286 g/mol. The predicted octanol–water partition coefficient (Wildman–Crippen LogP) is 2.85. The van der Waals surface area contributed by atoms with E-state index in [1.807, 2.05) is 6.07 Å². The SMILES string of the molecule is CC[C@@](O)(COC(=O)c1ccccc1)c1cccc(O)c1. The summed E-state index contributed by atoms with van der Waals surface area (Å²) in [5.41, 5.74) is -0.360. The second-order valence-corrected chi connectivity index (χ2v) is 4.88. The highest BCUT2D eigenvalue weighted by Gasteiger charge is 2.29. The van der Waals surface area contributed by atoms with E-state index in [0.717, 1.165) is 0 Å². The molecular formula is C17H18O4. The fourth-order valence-corrected chi connectivity index (χ4v) is 2.03. The number of benzene rings is 2. The molecule has 21 heavy (non-hydrogen) atoms. The van der Waals surface area contributed by atoms with Crippen molar-refractivity contribution < 1.29 is 19.7 Å². The highest BCUT2D eigenvalue weighted by molar-refractivity contribution is 5.89. The van der Waals surface area contributed by atoms with Crippen LogP contribution in [0.4, 0.5) is 0 Å². The number of phenolic OH excluding ortho intramolecular Hbond substituents is 1. The molecule has 0 amide bonds. The smallest absolute Gasteiger partial charge is 0.338 e. The average Bonchev–Trinajstić information content (AvgIpc) is 2.53. The summed E-state index contributed by atoms with van der Waals surface area (Å²) in [4.78, 5) is 11.9. The Kier molecular flexibility index (Phi) is 4.60. The second-order valence-electron chi connectivity index (χ2n) is 4.88.